The number of amides is 2. The monoisotopic (exact) mass is 494 g/mol. The van der Waals surface area contributed by atoms with Gasteiger partial charge < -0.3 is 30.2 Å². The zero-order chi connectivity index (χ0) is 26.1. The molecule has 3 rings (SSSR count). The summed E-state index contributed by atoms with van der Waals surface area (Å²) in [4.78, 5) is 55.4. The minimum atomic E-state index is -1.57. The fraction of sp³-hybridized carbons (Fsp3) is 0.240. The molecule has 2 aromatic carbocycles. The summed E-state index contributed by atoms with van der Waals surface area (Å²) in [6.45, 7) is 1.21. The number of methoxy groups -OCH3 is 1. The van der Waals surface area contributed by atoms with Gasteiger partial charge in [-0.15, -0.1) is 0 Å². The number of aliphatic hydroxyl groups is 1. The summed E-state index contributed by atoms with van der Waals surface area (Å²) in [5.74, 6) is -2.17. The molecule has 0 aliphatic carbocycles. The van der Waals surface area contributed by atoms with Crippen molar-refractivity contribution < 1.29 is 29.0 Å². The third kappa shape index (κ3) is 6.54. The number of H-pyrrole nitrogens is 1. The van der Waals surface area contributed by atoms with Crippen LogP contribution < -0.4 is 20.9 Å². The van der Waals surface area contributed by atoms with E-state index < -0.39 is 42.0 Å². The van der Waals surface area contributed by atoms with E-state index in [1.54, 1.807) is 38.3 Å². The maximum Gasteiger partial charge on any atom is 0.336 e. The van der Waals surface area contributed by atoms with E-state index in [0.29, 0.717) is 5.75 Å². The summed E-state index contributed by atoms with van der Waals surface area (Å²) in [5, 5.41) is 14.8. The number of carbonyl (C=O) groups is 3. The molecule has 0 saturated heterocycles. The molecule has 0 fully saturated rings. The van der Waals surface area contributed by atoms with Gasteiger partial charge in [-0.05, 0) is 30.2 Å². The molecule has 0 spiro atoms. The minimum Gasteiger partial charge on any atom is -0.497 e. The van der Waals surface area contributed by atoms with Crippen LogP contribution in [0.15, 0.2) is 65.6 Å². The van der Waals surface area contributed by atoms with E-state index >= 15 is 0 Å². The fourth-order valence-electron chi connectivity index (χ4n) is 3.28. The predicted molar refractivity (Wildman–Crippen MR) is 129 cm³/mol. The molecule has 0 unspecified atom stereocenters. The molecule has 1 heterocycles. The summed E-state index contributed by atoms with van der Waals surface area (Å²) >= 11 is 0. The van der Waals surface area contributed by atoms with Crippen LogP contribution in [0, 0.1) is 0 Å². The van der Waals surface area contributed by atoms with E-state index in [1.165, 1.54) is 0 Å². The Morgan fingerprint density at radius 3 is 2.31 bits per heavy atom. The van der Waals surface area contributed by atoms with E-state index in [2.05, 4.69) is 25.3 Å². The highest BCUT2D eigenvalue weighted by Gasteiger charge is 2.22. The summed E-state index contributed by atoms with van der Waals surface area (Å²) in [5.41, 5.74) is 0.417. The SMILES string of the molecule is CCOC(=O)[C@H](O)CNC(=O)c1ncc(C(=O)N[C@@H](c2ccccc2)c2ccc(OC)cc2)c(=O)[nH]1. The second kappa shape index (κ2) is 12.3. The second-order valence-corrected chi connectivity index (χ2v) is 7.54. The number of aromatic nitrogens is 2. The number of benzene rings is 2. The number of hydrogen-bond donors (Lipinski definition) is 4. The number of esters is 1. The number of nitrogens with one attached hydrogen (secondary N) is 3. The molecule has 3 aromatic rings. The topological polar surface area (TPSA) is 160 Å². The van der Waals surface area contributed by atoms with Crippen LogP contribution in [0.25, 0.3) is 0 Å². The quantitative estimate of drug-likeness (QED) is 0.303. The second-order valence-electron chi connectivity index (χ2n) is 7.54. The Balaban J connectivity index is 1.75. The van der Waals surface area contributed by atoms with Crippen LogP contribution >= 0.6 is 0 Å². The van der Waals surface area contributed by atoms with Gasteiger partial charge in [-0.2, -0.15) is 0 Å². The van der Waals surface area contributed by atoms with Gasteiger partial charge in [0.25, 0.3) is 17.4 Å². The average molecular weight is 495 g/mol. The van der Waals surface area contributed by atoms with Gasteiger partial charge in [-0.1, -0.05) is 42.5 Å². The minimum absolute atomic E-state index is 0.0752. The van der Waals surface area contributed by atoms with Gasteiger partial charge in [0.2, 0.25) is 0 Å². The van der Waals surface area contributed by atoms with Crippen molar-refractivity contribution in [2.75, 3.05) is 20.3 Å². The number of carbonyl (C=O) groups excluding carboxylic acids is 3. The van der Waals surface area contributed by atoms with E-state index in [9.17, 15) is 24.3 Å². The molecule has 0 bridgehead atoms. The first kappa shape index (κ1) is 26.1. The highest BCUT2D eigenvalue weighted by molar-refractivity contribution is 5.95. The first-order chi connectivity index (χ1) is 17.3. The van der Waals surface area contributed by atoms with Gasteiger partial charge in [-0.3, -0.25) is 14.4 Å². The molecule has 0 radical (unpaired) electrons. The first-order valence-electron chi connectivity index (χ1n) is 11.1. The van der Waals surface area contributed by atoms with Gasteiger partial charge in [0.15, 0.2) is 11.9 Å². The molecule has 4 N–H and O–H groups in total. The van der Waals surface area contributed by atoms with Crippen LogP contribution in [0.4, 0.5) is 0 Å². The zero-order valence-electron chi connectivity index (χ0n) is 19.7. The molecular weight excluding hydrogens is 468 g/mol. The van der Waals surface area contributed by atoms with Crippen LogP contribution in [-0.2, 0) is 9.53 Å². The highest BCUT2D eigenvalue weighted by atomic mass is 16.5. The van der Waals surface area contributed by atoms with E-state index in [-0.39, 0.29) is 18.0 Å². The summed E-state index contributed by atoms with van der Waals surface area (Å²) in [7, 11) is 1.55. The number of rotatable bonds is 10. The number of nitrogens with zero attached hydrogens (tertiary/aromatic N) is 1. The summed E-state index contributed by atoms with van der Waals surface area (Å²) < 4.78 is 9.84. The number of aromatic amines is 1. The molecular formula is C25H26N4O7. The normalized spacial score (nSPS) is 12.2. The Kier molecular flexibility index (Phi) is 8.89. The lowest BCUT2D eigenvalue weighted by Gasteiger charge is -2.20. The standard InChI is InChI=1S/C25H26N4O7/c1-3-36-25(34)19(30)14-27-24(33)21-26-13-18(23(32)29-21)22(31)28-20(15-7-5-4-6-8-15)16-9-11-17(35-2)12-10-16/h4-13,19-20,30H,3,14H2,1-2H3,(H,27,33)(H,28,31)(H,26,29,32)/t19-,20+/m1/s1. The Morgan fingerprint density at radius 2 is 1.69 bits per heavy atom. The predicted octanol–water partition coefficient (Wildman–Crippen LogP) is 0.952. The molecule has 2 atom stereocenters. The number of hydrogen-bond acceptors (Lipinski definition) is 8. The van der Waals surface area contributed by atoms with Crippen molar-refractivity contribution in [2.24, 2.45) is 0 Å². The van der Waals surface area contributed by atoms with E-state index in [1.807, 2.05) is 30.3 Å². The molecule has 36 heavy (non-hydrogen) atoms. The van der Waals surface area contributed by atoms with Gasteiger partial charge >= 0.3 is 5.97 Å². The van der Waals surface area contributed by atoms with Crippen LogP contribution in [0.3, 0.4) is 0 Å². The van der Waals surface area contributed by atoms with Crippen molar-refractivity contribution in [3.8, 4) is 5.75 Å². The number of aliphatic hydroxyl groups excluding tert-OH is 1. The number of ether oxygens (including phenoxy) is 2. The van der Waals surface area contributed by atoms with Crippen molar-refractivity contribution in [1.29, 1.82) is 0 Å². The Hall–Kier alpha value is -4.51. The highest BCUT2D eigenvalue weighted by Crippen LogP contribution is 2.24. The summed E-state index contributed by atoms with van der Waals surface area (Å²) in [6, 6.07) is 15.8. The maximum absolute atomic E-state index is 13.0. The first-order valence-corrected chi connectivity index (χ1v) is 11.1. The lowest BCUT2D eigenvalue weighted by Crippen LogP contribution is -2.39. The molecule has 1 aromatic heterocycles. The fourth-order valence-corrected chi connectivity index (χ4v) is 3.28. The van der Waals surface area contributed by atoms with Gasteiger partial charge in [0.05, 0.1) is 26.3 Å². The van der Waals surface area contributed by atoms with E-state index in [0.717, 1.165) is 17.3 Å². The molecule has 188 valence electrons. The Bertz CT molecular complexity index is 1260. The molecule has 0 saturated carbocycles. The third-order valence-corrected chi connectivity index (χ3v) is 5.13. The van der Waals surface area contributed by atoms with Crippen molar-refractivity contribution in [3.63, 3.8) is 0 Å². The van der Waals surface area contributed by atoms with E-state index in [4.69, 9.17) is 4.74 Å². The van der Waals surface area contributed by atoms with Gasteiger partial charge in [0, 0.05) is 6.20 Å². The summed E-state index contributed by atoms with van der Waals surface area (Å²) in [6.07, 6.45) is -0.584. The Labute approximate surface area is 206 Å². The van der Waals surface area contributed by atoms with Crippen molar-refractivity contribution in [3.05, 3.63) is 93.7 Å². The van der Waals surface area contributed by atoms with Crippen LogP contribution in [0.5, 0.6) is 5.75 Å². The lowest BCUT2D eigenvalue weighted by molar-refractivity contribution is -0.152. The molecule has 0 aliphatic rings. The molecule has 0 aliphatic heterocycles. The van der Waals surface area contributed by atoms with Crippen molar-refractivity contribution in [1.82, 2.24) is 20.6 Å². The van der Waals surface area contributed by atoms with Crippen LogP contribution in [0.2, 0.25) is 0 Å². The Morgan fingerprint density at radius 1 is 1.03 bits per heavy atom. The largest absolute Gasteiger partial charge is 0.497 e. The molecule has 11 heteroatoms. The maximum atomic E-state index is 13.0. The molecule has 2 amide bonds. The lowest BCUT2D eigenvalue weighted by atomic mass is 9.98. The van der Waals surface area contributed by atoms with Gasteiger partial charge in [-0.25, -0.2) is 9.78 Å². The molecule has 11 nitrogen and oxygen atoms in total. The third-order valence-electron chi connectivity index (χ3n) is 5.13. The average Bonchev–Trinajstić information content (AvgIpc) is 2.90. The zero-order valence-corrected chi connectivity index (χ0v) is 19.7. The van der Waals surface area contributed by atoms with Crippen LogP contribution in [0.1, 0.15) is 45.1 Å². The smallest absolute Gasteiger partial charge is 0.336 e. The van der Waals surface area contributed by atoms with Crippen LogP contribution in [-0.4, -0.2) is 59.2 Å². The van der Waals surface area contributed by atoms with Gasteiger partial charge in [0.1, 0.15) is 11.3 Å². The van der Waals surface area contributed by atoms with Crippen molar-refractivity contribution >= 4 is 17.8 Å². The van der Waals surface area contributed by atoms with Crippen molar-refractivity contribution in [2.45, 2.75) is 19.1 Å².